The van der Waals surface area contributed by atoms with E-state index in [1.807, 2.05) is 52.8 Å². The van der Waals surface area contributed by atoms with Gasteiger partial charge in [-0.25, -0.2) is 0 Å². The van der Waals surface area contributed by atoms with E-state index in [1.165, 1.54) is 4.90 Å². The first-order valence-corrected chi connectivity index (χ1v) is 15.1. The van der Waals surface area contributed by atoms with Gasteiger partial charge >= 0.3 is 0 Å². The second kappa shape index (κ2) is 11.4. The number of carbonyl (C=O) groups is 3. The second-order valence-corrected chi connectivity index (χ2v) is 12.8. The van der Waals surface area contributed by atoms with Gasteiger partial charge in [0.15, 0.2) is 0 Å². The molecule has 3 aliphatic rings. The molecule has 3 fully saturated rings. The van der Waals surface area contributed by atoms with Gasteiger partial charge in [-0.05, 0) is 68.5 Å². The molecule has 3 N–H and O–H groups in total. The number of hydrogen-bond acceptors (Lipinski definition) is 6. The Morgan fingerprint density at radius 1 is 1.12 bits per heavy atom. The minimum atomic E-state index is -1.22. The van der Waals surface area contributed by atoms with Crippen LogP contribution in [0.5, 0.6) is 5.75 Å². The summed E-state index contributed by atoms with van der Waals surface area (Å²) < 4.78 is 12.1. The van der Waals surface area contributed by atoms with Crippen molar-refractivity contribution in [2.24, 2.45) is 17.8 Å². The molecular weight excluding hydrogens is 590 g/mol. The fraction of sp³-hybridized carbons (Fsp3) is 0.516. The van der Waals surface area contributed by atoms with Crippen molar-refractivity contribution in [2.75, 3.05) is 23.8 Å². The number of nitrogens with zero attached hydrogens (tertiary/aromatic N) is 1. The highest BCUT2D eigenvalue weighted by molar-refractivity contribution is 9.09. The number of para-hydroxylation sites is 1. The zero-order chi connectivity index (χ0) is 29.6. The van der Waals surface area contributed by atoms with E-state index in [4.69, 9.17) is 9.47 Å². The number of aliphatic hydroxyl groups is 1. The zero-order valence-corrected chi connectivity index (χ0v) is 25.6. The molecule has 2 bridgehead atoms. The van der Waals surface area contributed by atoms with Crippen molar-refractivity contribution in [3.05, 3.63) is 53.6 Å². The highest BCUT2D eigenvalue weighted by Crippen LogP contribution is 2.60. The van der Waals surface area contributed by atoms with Crippen molar-refractivity contribution in [3.63, 3.8) is 0 Å². The van der Waals surface area contributed by atoms with Gasteiger partial charge in [0.05, 0.1) is 37.2 Å². The molecule has 41 heavy (non-hydrogen) atoms. The summed E-state index contributed by atoms with van der Waals surface area (Å²) in [7, 11) is 0. The number of aryl methyl sites for hydroxylation is 2. The molecule has 3 aliphatic heterocycles. The summed E-state index contributed by atoms with van der Waals surface area (Å²) in [6.07, 6.45) is -0.200. The van der Waals surface area contributed by atoms with Crippen molar-refractivity contribution < 1.29 is 29.0 Å². The minimum absolute atomic E-state index is 0.136. The second-order valence-electron chi connectivity index (χ2n) is 11.6. The van der Waals surface area contributed by atoms with Gasteiger partial charge in [0.2, 0.25) is 17.7 Å². The average Bonchev–Trinajstić information content (AvgIpc) is 3.51. The zero-order valence-electron chi connectivity index (χ0n) is 24.0. The minimum Gasteiger partial charge on any atom is -0.494 e. The average molecular weight is 629 g/mol. The molecule has 0 aromatic heterocycles. The molecule has 3 heterocycles. The van der Waals surface area contributed by atoms with E-state index in [1.54, 1.807) is 24.3 Å². The number of ether oxygens (including phenoxy) is 2. The molecule has 10 heteroatoms. The molecule has 3 amide bonds. The van der Waals surface area contributed by atoms with E-state index in [9.17, 15) is 19.5 Å². The summed E-state index contributed by atoms with van der Waals surface area (Å²) in [5.74, 6) is -2.20. The molecule has 5 rings (SSSR count). The first-order chi connectivity index (χ1) is 19.5. The topological polar surface area (TPSA) is 117 Å². The van der Waals surface area contributed by atoms with Gasteiger partial charge in [-0.1, -0.05) is 48.0 Å². The number of benzene rings is 2. The number of likely N-dealkylation sites (tertiary alicyclic amines) is 1. The summed E-state index contributed by atoms with van der Waals surface area (Å²) in [4.78, 5) is 43.6. The number of halogens is 1. The Bertz CT molecular complexity index is 1310. The molecule has 2 aromatic rings. The Labute approximate surface area is 249 Å². The maximum absolute atomic E-state index is 14.3. The van der Waals surface area contributed by atoms with Crippen molar-refractivity contribution in [1.29, 1.82) is 0 Å². The fourth-order valence-corrected chi connectivity index (χ4v) is 7.82. The first kappa shape index (κ1) is 29.5. The SMILES string of the molecule is CCOc1ccc(NC(=O)[C@H]2[C@H]3C(=O)N([C@@H](CO)C(C)C)C(C(=O)Nc4c(C)cccc4C)C34CC(Br)[C@@H]2O4)cc1. The van der Waals surface area contributed by atoms with E-state index in [-0.39, 0.29) is 35.1 Å². The number of aliphatic hydroxyl groups excluding tert-OH is 1. The van der Waals surface area contributed by atoms with Crippen LogP contribution in [0.1, 0.15) is 38.3 Å². The third-order valence-corrected chi connectivity index (χ3v) is 9.60. The molecule has 3 unspecified atom stereocenters. The van der Waals surface area contributed by atoms with Crippen LogP contribution in [0.3, 0.4) is 0 Å². The van der Waals surface area contributed by atoms with E-state index < -0.39 is 35.6 Å². The van der Waals surface area contributed by atoms with Gasteiger partial charge in [0.25, 0.3) is 0 Å². The predicted molar refractivity (Wildman–Crippen MR) is 159 cm³/mol. The van der Waals surface area contributed by atoms with Gasteiger partial charge in [-0.3, -0.25) is 14.4 Å². The monoisotopic (exact) mass is 627 g/mol. The Hall–Kier alpha value is -2.95. The molecule has 0 radical (unpaired) electrons. The lowest BCUT2D eigenvalue weighted by Crippen LogP contribution is -2.57. The molecule has 7 atom stereocenters. The Morgan fingerprint density at radius 2 is 1.78 bits per heavy atom. The molecular formula is C31H38BrN3O6. The van der Waals surface area contributed by atoms with Crippen LogP contribution in [0.25, 0.3) is 0 Å². The van der Waals surface area contributed by atoms with Crippen LogP contribution < -0.4 is 15.4 Å². The lowest BCUT2D eigenvalue weighted by molar-refractivity contribution is -0.144. The van der Waals surface area contributed by atoms with Crippen LogP contribution in [-0.2, 0) is 19.1 Å². The van der Waals surface area contributed by atoms with Gasteiger partial charge < -0.3 is 30.1 Å². The predicted octanol–water partition coefficient (Wildman–Crippen LogP) is 4.04. The summed E-state index contributed by atoms with van der Waals surface area (Å²) in [5.41, 5.74) is 1.83. The standard InChI is InChI=1S/C31H38BrN3O6/c1-6-40-20-12-10-19(11-13-20)33-28(37)23-24-30(39)35(22(15-36)16(2)3)27(31(24)14-21(32)26(23)41-31)29(38)34-25-17(4)8-7-9-18(25)5/h7-13,16,21-24,26-27,36H,6,14-15H2,1-5H3,(H,33,37)(H,34,38)/t21?,22-,23-,24-,26-,27?,31?/m0/s1. The van der Waals surface area contributed by atoms with Gasteiger partial charge in [0.1, 0.15) is 17.4 Å². The number of carbonyl (C=O) groups excluding carboxylic acids is 3. The highest BCUT2D eigenvalue weighted by atomic mass is 79.9. The van der Waals surface area contributed by atoms with E-state index >= 15 is 0 Å². The number of anilines is 2. The number of nitrogens with one attached hydrogen (secondary N) is 2. The third-order valence-electron chi connectivity index (χ3n) is 8.75. The van der Waals surface area contributed by atoms with Crippen molar-refractivity contribution in [3.8, 4) is 5.75 Å². The van der Waals surface area contributed by atoms with Crippen molar-refractivity contribution in [1.82, 2.24) is 4.90 Å². The number of rotatable bonds is 9. The van der Waals surface area contributed by atoms with E-state index in [0.29, 0.717) is 30.2 Å². The lowest BCUT2D eigenvalue weighted by atomic mass is 9.70. The number of alkyl halides is 1. The Balaban J connectivity index is 1.52. The molecule has 9 nitrogen and oxygen atoms in total. The van der Waals surface area contributed by atoms with Crippen LogP contribution in [0.2, 0.25) is 0 Å². The van der Waals surface area contributed by atoms with E-state index in [2.05, 4.69) is 26.6 Å². The fourth-order valence-electron chi connectivity index (χ4n) is 6.87. The molecule has 0 saturated carbocycles. The smallest absolute Gasteiger partial charge is 0.250 e. The summed E-state index contributed by atoms with van der Waals surface area (Å²) in [5, 5.41) is 16.4. The summed E-state index contributed by atoms with van der Waals surface area (Å²) in [6, 6.07) is 11.2. The number of amides is 3. The van der Waals surface area contributed by atoms with Crippen LogP contribution in [0, 0.1) is 31.6 Å². The third kappa shape index (κ3) is 4.93. The quantitative estimate of drug-likeness (QED) is 0.361. The number of hydrogen-bond donors (Lipinski definition) is 3. The van der Waals surface area contributed by atoms with Crippen LogP contribution in [0.4, 0.5) is 11.4 Å². The van der Waals surface area contributed by atoms with Crippen molar-refractivity contribution >= 4 is 45.0 Å². The van der Waals surface area contributed by atoms with E-state index in [0.717, 1.165) is 11.1 Å². The highest BCUT2D eigenvalue weighted by Gasteiger charge is 2.77. The number of fused-ring (bicyclic) bond motifs is 1. The molecule has 1 spiro atoms. The maximum atomic E-state index is 14.3. The Morgan fingerprint density at radius 3 is 2.37 bits per heavy atom. The Kier molecular flexibility index (Phi) is 8.20. The molecule has 0 aliphatic carbocycles. The molecule has 2 aromatic carbocycles. The molecule has 3 saturated heterocycles. The van der Waals surface area contributed by atoms with Crippen LogP contribution >= 0.6 is 15.9 Å². The summed E-state index contributed by atoms with van der Waals surface area (Å²) in [6.45, 7) is 9.76. The largest absolute Gasteiger partial charge is 0.494 e. The van der Waals surface area contributed by atoms with Crippen molar-refractivity contribution in [2.45, 2.75) is 69.7 Å². The first-order valence-electron chi connectivity index (χ1n) is 14.2. The van der Waals surface area contributed by atoms with Gasteiger partial charge in [0, 0.05) is 16.2 Å². The van der Waals surface area contributed by atoms with Gasteiger partial charge in [-0.15, -0.1) is 0 Å². The normalized spacial score (nSPS) is 29.0. The lowest BCUT2D eigenvalue weighted by Gasteiger charge is -2.38. The van der Waals surface area contributed by atoms with Crippen LogP contribution in [0.15, 0.2) is 42.5 Å². The maximum Gasteiger partial charge on any atom is 0.250 e. The van der Waals surface area contributed by atoms with Gasteiger partial charge in [-0.2, -0.15) is 0 Å². The van der Waals surface area contributed by atoms with Crippen LogP contribution in [-0.4, -0.2) is 69.6 Å². The summed E-state index contributed by atoms with van der Waals surface area (Å²) >= 11 is 3.70. The molecule has 220 valence electrons.